The second-order valence-electron chi connectivity index (χ2n) is 2.88. The van der Waals surface area contributed by atoms with E-state index < -0.39 is 0 Å². The molecular weight excluding hydrogens is 194 g/mol. The van der Waals surface area contributed by atoms with E-state index in [2.05, 4.69) is 6.58 Å². The number of carbonyl (C=O) groups excluding carboxylic acids is 1. The van der Waals surface area contributed by atoms with E-state index in [1.54, 1.807) is 18.2 Å². The van der Waals surface area contributed by atoms with E-state index in [0.29, 0.717) is 5.75 Å². The van der Waals surface area contributed by atoms with E-state index in [1.807, 2.05) is 0 Å². The van der Waals surface area contributed by atoms with E-state index in [1.165, 1.54) is 6.07 Å². The van der Waals surface area contributed by atoms with Gasteiger partial charge in [0.1, 0.15) is 23.7 Å². The molecule has 0 bridgehead atoms. The van der Waals surface area contributed by atoms with Gasteiger partial charge < -0.3 is 15.6 Å². The Bertz CT molecular complexity index is 374. The fourth-order valence-electron chi connectivity index (χ4n) is 1.17. The highest BCUT2D eigenvalue weighted by atomic mass is 16.5. The Morgan fingerprint density at radius 2 is 2.33 bits per heavy atom. The fourth-order valence-corrected chi connectivity index (χ4v) is 1.17. The highest BCUT2D eigenvalue weighted by Crippen LogP contribution is 2.27. The highest BCUT2D eigenvalue weighted by molar-refractivity contribution is 6.02. The Labute approximate surface area is 88.0 Å². The average Bonchev–Trinajstić information content (AvgIpc) is 2.25. The third-order valence-corrected chi connectivity index (χ3v) is 1.83. The molecule has 0 atom stereocenters. The molecule has 0 amide bonds. The third-order valence-electron chi connectivity index (χ3n) is 1.83. The Kier molecular flexibility index (Phi) is 3.88. The van der Waals surface area contributed by atoms with Crippen molar-refractivity contribution in [2.45, 2.75) is 0 Å². The zero-order valence-corrected chi connectivity index (χ0v) is 8.27. The van der Waals surface area contributed by atoms with Crippen molar-refractivity contribution < 1.29 is 14.6 Å². The van der Waals surface area contributed by atoms with Crippen molar-refractivity contribution in [3.63, 3.8) is 0 Å². The largest absolute Gasteiger partial charge is 0.507 e. The van der Waals surface area contributed by atoms with Gasteiger partial charge in [-0.1, -0.05) is 18.7 Å². The minimum atomic E-state index is -0.354. The van der Waals surface area contributed by atoms with Crippen LogP contribution >= 0.6 is 0 Å². The van der Waals surface area contributed by atoms with Crippen molar-refractivity contribution in [1.82, 2.24) is 0 Å². The number of benzene rings is 1. The van der Waals surface area contributed by atoms with Crippen LogP contribution in [0.1, 0.15) is 10.4 Å². The maximum absolute atomic E-state index is 11.4. The van der Waals surface area contributed by atoms with Crippen molar-refractivity contribution in [2.24, 2.45) is 5.73 Å². The summed E-state index contributed by atoms with van der Waals surface area (Å²) in [6, 6.07) is 4.62. The molecule has 4 heteroatoms. The first-order chi connectivity index (χ1) is 7.20. The monoisotopic (exact) mass is 207 g/mol. The van der Waals surface area contributed by atoms with Gasteiger partial charge in [0.15, 0.2) is 5.78 Å². The second kappa shape index (κ2) is 5.17. The smallest absolute Gasteiger partial charge is 0.183 e. The van der Waals surface area contributed by atoms with E-state index in [9.17, 15) is 9.90 Å². The number of Topliss-reactive ketones (excluding diaryl/α,β-unsaturated/α-hetero) is 1. The molecule has 0 aliphatic heterocycles. The maximum Gasteiger partial charge on any atom is 0.183 e. The van der Waals surface area contributed by atoms with Gasteiger partial charge in [-0.3, -0.25) is 4.79 Å². The van der Waals surface area contributed by atoms with Crippen LogP contribution in [-0.2, 0) is 0 Å². The third kappa shape index (κ3) is 2.57. The van der Waals surface area contributed by atoms with Gasteiger partial charge in [0.25, 0.3) is 0 Å². The maximum atomic E-state index is 11.4. The number of ether oxygens (including phenoxy) is 1. The number of hydrogen-bond donors (Lipinski definition) is 2. The molecule has 0 spiro atoms. The molecule has 0 heterocycles. The average molecular weight is 207 g/mol. The Morgan fingerprint density at radius 3 is 2.93 bits per heavy atom. The number of aromatic hydroxyl groups is 1. The van der Waals surface area contributed by atoms with Crippen LogP contribution in [0.2, 0.25) is 0 Å². The summed E-state index contributed by atoms with van der Waals surface area (Å²) in [6.07, 6.45) is 1.56. The summed E-state index contributed by atoms with van der Waals surface area (Å²) in [5, 5.41) is 9.51. The molecule has 0 aliphatic rings. The van der Waals surface area contributed by atoms with Crippen LogP contribution in [0.4, 0.5) is 0 Å². The molecule has 0 saturated heterocycles. The summed E-state index contributed by atoms with van der Waals surface area (Å²) in [5.74, 6) is -0.149. The molecule has 0 unspecified atom stereocenters. The SMILES string of the molecule is C=CCOc1cccc(O)c1C(=O)CN. The van der Waals surface area contributed by atoms with Crippen molar-refractivity contribution >= 4 is 5.78 Å². The predicted molar refractivity (Wildman–Crippen MR) is 57.2 cm³/mol. The molecule has 80 valence electrons. The molecule has 0 saturated carbocycles. The number of carbonyl (C=O) groups is 1. The molecule has 0 radical (unpaired) electrons. The molecule has 4 nitrogen and oxygen atoms in total. The summed E-state index contributed by atoms with van der Waals surface area (Å²) in [7, 11) is 0. The standard InChI is InChI=1S/C11H13NO3/c1-2-6-15-10-5-3-4-8(13)11(10)9(14)7-12/h2-5,13H,1,6-7,12H2. The van der Waals surface area contributed by atoms with E-state index in [-0.39, 0.29) is 30.2 Å². The van der Waals surface area contributed by atoms with Crippen molar-refractivity contribution in [3.05, 3.63) is 36.4 Å². The number of phenols is 1. The molecule has 3 N–H and O–H groups in total. The lowest BCUT2D eigenvalue weighted by molar-refractivity contribution is 0.0995. The van der Waals surface area contributed by atoms with Crippen LogP contribution in [-0.4, -0.2) is 24.0 Å². The van der Waals surface area contributed by atoms with Crippen LogP contribution in [0, 0.1) is 0 Å². The molecule has 0 fully saturated rings. The lowest BCUT2D eigenvalue weighted by Gasteiger charge is -2.09. The Morgan fingerprint density at radius 1 is 1.60 bits per heavy atom. The summed E-state index contributed by atoms with van der Waals surface area (Å²) in [5.41, 5.74) is 5.36. The number of hydrogen-bond acceptors (Lipinski definition) is 4. The second-order valence-corrected chi connectivity index (χ2v) is 2.88. The predicted octanol–water partition coefficient (Wildman–Crippen LogP) is 1.10. The number of nitrogens with two attached hydrogens (primary N) is 1. The summed E-state index contributed by atoms with van der Waals surface area (Å²) >= 11 is 0. The molecule has 1 aromatic rings. The van der Waals surface area contributed by atoms with Gasteiger partial charge in [-0.25, -0.2) is 0 Å². The Hall–Kier alpha value is -1.81. The van der Waals surface area contributed by atoms with Gasteiger partial charge in [0.2, 0.25) is 0 Å². The van der Waals surface area contributed by atoms with Gasteiger partial charge in [-0.05, 0) is 12.1 Å². The fraction of sp³-hybridized carbons (Fsp3) is 0.182. The highest BCUT2D eigenvalue weighted by Gasteiger charge is 2.15. The first-order valence-electron chi connectivity index (χ1n) is 4.49. The van der Waals surface area contributed by atoms with Gasteiger partial charge in [-0.15, -0.1) is 0 Å². The zero-order chi connectivity index (χ0) is 11.3. The quantitative estimate of drug-likeness (QED) is 0.560. The van der Waals surface area contributed by atoms with Gasteiger partial charge >= 0.3 is 0 Å². The number of ketones is 1. The first kappa shape index (κ1) is 11.3. The zero-order valence-electron chi connectivity index (χ0n) is 8.27. The van der Waals surface area contributed by atoms with Gasteiger partial charge in [0.05, 0.1) is 6.54 Å². The summed E-state index contributed by atoms with van der Waals surface area (Å²) in [6.45, 7) is 3.60. The van der Waals surface area contributed by atoms with Crippen molar-refractivity contribution in [2.75, 3.05) is 13.2 Å². The first-order valence-corrected chi connectivity index (χ1v) is 4.49. The molecule has 0 aromatic heterocycles. The van der Waals surface area contributed by atoms with Crippen molar-refractivity contribution in [3.8, 4) is 11.5 Å². The molecular formula is C11H13NO3. The number of phenolic OH excluding ortho intramolecular Hbond substituents is 1. The minimum absolute atomic E-state index is 0.119. The van der Waals surface area contributed by atoms with Crippen molar-refractivity contribution in [1.29, 1.82) is 0 Å². The Balaban J connectivity index is 3.08. The van der Waals surface area contributed by atoms with Crippen LogP contribution in [0.15, 0.2) is 30.9 Å². The molecule has 1 aromatic carbocycles. The van der Waals surface area contributed by atoms with Crippen LogP contribution in [0.25, 0.3) is 0 Å². The summed E-state index contributed by atoms with van der Waals surface area (Å²) < 4.78 is 5.24. The summed E-state index contributed by atoms with van der Waals surface area (Å²) in [4.78, 5) is 11.4. The topological polar surface area (TPSA) is 72.5 Å². The lowest BCUT2D eigenvalue weighted by Crippen LogP contribution is -2.15. The van der Waals surface area contributed by atoms with Crippen LogP contribution in [0.5, 0.6) is 11.5 Å². The number of rotatable bonds is 5. The minimum Gasteiger partial charge on any atom is -0.507 e. The van der Waals surface area contributed by atoms with Crippen LogP contribution < -0.4 is 10.5 Å². The molecule has 15 heavy (non-hydrogen) atoms. The molecule has 1 rings (SSSR count). The lowest BCUT2D eigenvalue weighted by atomic mass is 10.1. The van der Waals surface area contributed by atoms with E-state index >= 15 is 0 Å². The molecule has 0 aliphatic carbocycles. The van der Waals surface area contributed by atoms with E-state index in [0.717, 1.165) is 0 Å². The normalized spacial score (nSPS) is 9.67. The van der Waals surface area contributed by atoms with Crippen LogP contribution in [0.3, 0.4) is 0 Å². The van der Waals surface area contributed by atoms with Gasteiger partial charge in [0, 0.05) is 0 Å². The van der Waals surface area contributed by atoms with E-state index in [4.69, 9.17) is 10.5 Å². The van der Waals surface area contributed by atoms with Gasteiger partial charge in [-0.2, -0.15) is 0 Å².